The summed E-state index contributed by atoms with van der Waals surface area (Å²) in [5, 5.41) is 3.45. The van der Waals surface area contributed by atoms with Gasteiger partial charge in [-0.15, -0.1) is 0 Å². The first-order chi connectivity index (χ1) is 8.10. The van der Waals surface area contributed by atoms with Crippen molar-refractivity contribution < 1.29 is 4.74 Å². The third-order valence-electron chi connectivity index (χ3n) is 3.05. The number of hydrogen-bond acceptors (Lipinski definition) is 5. The van der Waals surface area contributed by atoms with Gasteiger partial charge in [0.1, 0.15) is 0 Å². The van der Waals surface area contributed by atoms with Crippen molar-refractivity contribution in [3.05, 3.63) is 11.8 Å². The van der Waals surface area contributed by atoms with Crippen LogP contribution < -0.4 is 15.0 Å². The molecule has 0 amide bonds. The zero-order chi connectivity index (χ0) is 12.4. The Bertz CT molecular complexity index is 396. The van der Waals surface area contributed by atoms with E-state index < -0.39 is 0 Å². The van der Waals surface area contributed by atoms with Gasteiger partial charge in [0.05, 0.1) is 7.11 Å². The third-order valence-corrected chi connectivity index (χ3v) is 3.05. The summed E-state index contributed by atoms with van der Waals surface area (Å²) >= 11 is 0. The van der Waals surface area contributed by atoms with Crippen molar-refractivity contribution in [3.63, 3.8) is 0 Å². The molecule has 1 N–H and O–H groups in total. The van der Waals surface area contributed by atoms with E-state index in [1.54, 1.807) is 7.11 Å². The maximum atomic E-state index is 5.20. The van der Waals surface area contributed by atoms with Gasteiger partial charge < -0.3 is 15.0 Å². The van der Waals surface area contributed by atoms with Gasteiger partial charge in [-0.05, 0) is 20.8 Å². The van der Waals surface area contributed by atoms with E-state index in [4.69, 9.17) is 4.74 Å². The molecule has 2 atom stereocenters. The van der Waals surface area contributed by atoms with Gasteiger partial charge in [-0.2, -0.15) is 4.98 Å². The van der Waals surface area contributed by atoms with Crippen molar-refractivity contribution in [1.82, 2.24) is 15.3 Å². The molecule has 1 fully saturated rings. The smallest absolute Gasteiger partial charge is 0.229 e. The van der Waals surface area contributed by atoms with E-state index in [2.05, 4.69) is 34.0 Å². The lowest BCUT2D eigenvalue weighted by molar-refractivity contribution is 0.389. The average Bonchev–Trinajstić information content (AvgIpc) is 2.31. The van der Waals surface area contributed by atoms with E-state index >= 15 is 0 Å². The molecule has 2 rings (SSSR count). The molecule has 17 heavy (non-hydrogen) atoms. The minimum Gasteiger partial charge on any atom is -0.481 e. The predicted octanol–water partition coefficient (Wildman–Crippen LogP) is 0.980. The van der Waals surface area contributed by atoms with E-state index in [0.29, 0.717) is 18.0 Å². The van der Waals surface area contributed by atoms with Crippen LogP contribution in [0.1, 0.15) is 19.5 Å². The summed E-state index contributed by atoms with van der Waals surface area (Å²) in [7, 11) is 1.63. The average molecular weight is 236 g/mol. The summed E-state index contributed by atoms with van der Waals surface area (Å²) in [6.45, 7) is 8.20. The van der Waals surface area contributed by atoms with Crippen LogP contribution in [0, 0.1) is 6.92 Å². The van der Waals surface area contributed by atoms with Crippen LogP contribution in [0.15, 0.2) is 6.07 Å². The Labute approximate surface area is 102 Å². The topological polar surface area (TPSA) is 50.3 Å². The van der Waals surface area contributed by atoms with E-state index in [1.807, 2.05) is 13.0 Å². The Kier molecular flexibility index (Phi) is 3.47. The normalized spacial score (nSPS) is 24.8. The summed E-state index contributed by atoms with van der Waals surface area (Å²) in [5.41, 5.74) is 0.935. The summed E-state index contributed by atoms with van der Waals surface area (Å²) < 4.78 is 5.20. The number of piperazine rings is 1. The van der Waals surface area contributed by atoms with E-state index in [1.165, 1.54) is 0 Å². The molecule has 1 aromatic heterocycles. The van der Waals surface area contributed by atoms with Gasteiger partial charge >= 0.3 is 0 Å². The second kappa shape index (κ2) is 4.87. The molecule has 2 heterocycles. The first kappa shape index (κ1) is 12.1. The van der Waals surface area contributed by atoms with Crippen molar-refractivity contribution in [2.45, 2.75) is 32.9 Å². The first-order valence-electron chi connectivity index (χ1n) is 6.00. The molecule has 1 saturated heterocycles. The first-order valence-corrected chi connectivity index (χ1v) is 6.00. The van der Waals surface area contributed by atoms with Gasteiger partial charge in [-0.25, -0.2) is 4.98 Å². The second-order valence-electron chi connectivity index (χ2n) is 4.66. The molecule has 1 aliphatic heterocycles. The molecule has 1 aromatic rings. The van der Waals surface area contributed by atoms with Crippen molar-refractivity contribution >= 4 is 5.95 Å². The van der Waals surface area contributed by atoms with Crippen molar-refractivity contribution in [1.29, 1.82) is 0 Å². The van der Waals surface area contributed by atoms with Gasteiger partial charge in [0.25, 0.3) is 0 Å². The molecule has 0 saturated carbocycles. The lowest BCUT2D eigenvalue weighted by atomic mass is 10.1. The fraction of sp³-hybridized carbons (Fsp3) is 0.667. The van der Waals surface area contributed by atoms with Crippen LogP contribution >= 0.6 is 0 Å². The number of ether oxygens (including phenoxy) is 1. The summed E-state index contributed by atoms with van der Waals surface area (Å²) in [4.78, 5) is 11.2. The van der Waals surface area contributed by atoms with Crippen LogP contribution in [0.25, 0.3) is 0 Å². The largest absolute Gasteiger partial charge is 0.481 e. The molecular formula is C12H20N4O. The highest BCUT2D eigenvalue weighted by molar-refractivity contribution is 5.36. The molecule has 94 valence electrons. The molecule has 0 spiro atoms. The predicted molar refractivity (Wildman–Crippen MR) is 67.6 cm³/mol. The fourth-order valence-electron chi connectivity index (χ4n) is 2.06. The molecule has 0 radical (unpaired) electrons. The SMILES string of the molecule is COc1cc(C)nc(N2CC(C)NCC2C)n1. The maximum absolute atomic E-state index is 5.20. The Hall–Kier alpha value is -1.36. The molecule has 5 heteroatoms. The molecule has 0 bridgehead atoms. The maximum Gasteiger partial charge on any atom is 0.229 e. The van der Waals surface area contributed by atoms with Crippen LogP contribution in [0.4, 0.5) is 5.95 Å². The minimum atomic E-state index is 0.401. The van der Waals surface area contributed by atoms with Crippen LogP contribution in [0.3, 0.4) is 0 Å². The summed E-state index contributed by atoms with van der Waals surface area (Å²) in [6, 6.07) is 2.71. The van der Waals surface area contributed by atoms with Crippen molar-refractivity contribution in [2.75, 3.05) is 25.1 Å². The number of rotatable bonds is 2. The number of aryl methyl sites for hydroxylation is 1. The summed E-state index contributed by atoms with van der Waals surface area (Å²) in [6.07, 6.45) is 0. The molecule has 1 aliphatic rings. The zero-order valence-electron chi connectivity index (χ0n) is 10.9. The number of methoxy groups -OCH3 is 1. The van der Waals surface area contributed by atoms with Gasteiger partial charge in [-0.1, -0.05) is 0 Å². The Balaban J connectivity index is 2.28. The van der Waals surface area contributed by atoms with Gasteiger partial charge in [-0.3, -0.25) is 0 Å². The van der Waals surface area contributed by atoms with Crippen LogP contribution in [-0.2, 0) is 0 Å². The van der Waals surface area contributed by atoms with Gasteiger partial charge in [0.2, 0.25) is 11.8 Å². The highest BCUT2D eigenvalue weighted by atomic mass is 16.5. The molecular weight excluding hydrogens is 216 g/mol. The highest BCUT2D eigenvalue weighted by Crippen LogP contribution is 2.19. The number of anilines is 1. The number of aromatic nitrogens is 2. The van der Waals surface area contributed by atoms with Crippen molar-refractivity contribution in [2.24, 2.45) is 0 Å². The highest BCUT2D eigenvalue weighted by Gasteiger charge is 2.24. The zero-order valence-corrected chi connectivity index (χ0v) is 10.9. The van der Waals surface area contributed by atoms with Crippen LogP contribution in [0.5, 0.6) is 5.88 Å². The second-order valence-corrected chi connectivity index (χ2v) is 4.66. The molecule has 0 aromatic carbocycles. The summed E-state index contributed by atoms with van der Waals surface area (Å²) in [5.74, 6) is 1.40. The lowest BCUT2D eigenvalue weighted by Gasteiger charge is -2.37. The van der Waals surface area contributed by atoms with Gasteiger partial charge in [0, 0.05) is 36.9 Å². The monoisotopic (exact) mass is 236 g/mol. The number of nitrogens with zero attached hydrogens (tertiary/aromatic N) is 3. The Morgan fingerprint density at radius 1 is 1.41 bits per heavy atom. The van der Waals surface area contributed by atoms with E-state index in [0.717, 1.165) is 24.7 Å². The van der Waals surface area contributed by atoms with E-state index in [-0.39, 0.29) is 0 Å². The Morgan fingerprint density at radius 2 is 2.18 bits per heavy atom. The quantitative estimate of drug-likeness (QED) is 0.829. The standard InChI is InChI=1S/C12H20N4O/c1-8-5-11(17-4)15-12(14-8)16-7-9(2)13-6-10(16)3/h5,9-10,13H,6-7H2,1-4H3. The molecule has 2 unspecified atom stereocenters. The lowest BCUT2D eigenvalue weighted by Crippen LogP contribution is -2.55. The minimum absolute atomic E-state index is 0.401. The number of nitrogens with one attached hydrogen (secondary N) is 1. The third kappa shape index (κ3) is 2.66. The molecule has 0 aliphatic carbocycles. The number of hydrogen-bond donors (Lipinski definition) is 1. The van der Waals surface area contributed by atoms with E-state index in [9.17, 15) is 0 Å². The van der Waals surface area contributed by atoms with Gasteiger partial charge in [0.15, 0.2) is 0 Å². The van der Waals surface area contributed by atoms with Crippen molar-refractivity contribution in [3.8, 4) is 5.88 Å². The fourth-order valence-corrected chi connectivity index (χ4v) is 2.06. The van der Waals surface area contributed by atoms with Crippen LogP contribution in [0.2, 0.25) is 0 Å². The van der Waals surface area contributed by atoms with Crippen LogP contribution in [-0.4, -0.2) is 42.3 Å². The Morgan fingerprint density at radius 3 is 2.88 bits per heavy atom. The molecule has 5 nitrogen and oxygen atoms in total.